The Morgan fingerprint density at radius 2 is 1.90 bits per heavy atom. The van der Waals surface area contributed by atoms with E-state index in [2.05, 4.69) is 20.4 Å². The average Bonchev–Trinajstić information content (AvgIpc) is 3.19. The molecule has 0 aliphatic rings. The van der Waals surface area contributed by atoms with Crippen LogP contribution in [0.15, 0.2) is 59.4 Å². The van der Waals surface area contributed by atoms with E-state index in [9.17, 15) is 4.79 Å². The fourth-order valence-electron chi connectivity index (χ4n) is 3.20. The molecule has 1 unspecified atom stereocenters. The molecular weight excluding hydrogens is 380 g/mol. The van der Waals surface area contributed by atoms with Crippen molar-refractivity contribution >= 4 is 17.0 Å². The van der Waals surface area contributed by atoms with Gasteiger partial charge in [0.25, 0.3) is 11.6 Å². The Balaban J connectivity index is 1.54. The van der Waals surface area contributed by atoms with Crippen LogP contribution in [-0.4, -0.2) is 27.6 Å². The summed E-state index contributed by atoms with van der Waals surface area (Å²) in [6, 6.07) is 15.6. The van der Waals surface area contributed by atoms with Gasteiger partial charge in [-0.1, -0.05) is 47.6 Å². The van der Waals surface area contributed by atoms with Gasteiger partial charge in [0.15, 0.2) is 6.61 Å². The third-order valence-corrected chi connectivity index (χ3v) is 5.04. The molecule has 0 spiro atoms. The minimum absolute atomic E-state index is 0.130. The van der Waals surface area contributed by atoms with Crippen LogP contribution in [0.4, 0.5) is 0 Å². The highest BCUT2D eigenvalue weighted by atomic mass is 16.5. The fraction of sp³-hybridized carbons (Fsp3) is 0.217. The monoisotopic (exact) mass is 402 g/mol. The highest BCUT2D eigenvalue weighted by molar-refractivity contribution is 5.93. The number of rotatable bonds is 6. The summed E-state index contributed by atoms with van der Waals surface area (Å²) in [5.74, 6) is 0.0132. The lowest BCUT2D eigenvalue weighted by molar-refractivity contribution is -0.123. The molecule has 0 aliphatic carbocycles. The Hall–Kier alpha value is -3.74. The van der Waals surface area contributed by atoms with Crippen molar-refractivity contribution in [3.8, 4) is 17.1 Å². The number of ether oxygens (including phenoxy) is 1. The van der Waals surface area contributed by atoms with E-state index in [-0.39, 0.29) is 24.4 Å². The number of aromatic nitrogens is 3. The highest BCUT2D eigenvalue weighted by Gasteiger charge is 2.19. The smallest absolute Gasteiger partial charge is 0.265 e. The molecule has 30 heavy (non-hydrogen) atoms. The van der Waals surface area contributed by atoms with Crippen molar-refractivity contribution < 1.29 is 14.1 Å². The molecule has 4 aromatic rings. The van der Waals surface area contributed by atoms with Gasteiger partial charge in [0.2, 0.25) is 5.88 Å². The van der Waals surface area contributed by atoms with Crippen LogP contribution in [-0.2, 0) is 4.79 Å². The molecule has 1 N–H and O–H groups in total. The second kappa shape index (κ2) is 8.32. The van der Waals surface area contributed by atoms with Crippen LogP contribution in [0.2, 0.25) is 0 Å². The van der Waals surface area contributed by atoms with Gasteiger partial charge >= 0.3 is 0 Å². The van der Waals surface area contributed by atoms with E-state index >= 15 is 0 Å². The molecule has 7 nitrogen and oxygen atoms in total. The maximum Gasteiger partial charge on any atom is 0.265 e. The lowest BCUT2D eigenvalue weighted by Gasteiger charge is -2.14. The van der Waals surface area contributed by atoms with Crippen molar-refractivity contribution in [3.63, 3.8) is 0 Å². The van der Waals surface area contributed by atoms with E-state index in [1.165, 1.54) is 11.9 Å². The van der Waals surface area contributed by atoms with Gasteiger partial charge < -0.3 is 14.6 Å². The Morgan fingerprint density at radius 3 is 2.67 bits per heavy atom. The van der Waals surface area contributed by atoms with Crippen LogP contribution in [0.1, 0.15) is 29.7 Å². The summed E-state index contributed by atoms with van der Waals surface area (Å²) in [5.41, 5.74) is 5.11. The molecule has 7 heteroatoms. The summed E-state index contributed by atoms with van der Waals surface area (Å²) in [7, 11) is 0. The molecule has 1 amide bonds. The molecule has 0 saturated carbocycles. The largest absolute Gasteiger partial charge is 0.467 e. The Kier molecular flexibility index (Phi) is 5.43. The topological polar surface area (TPSA) is 90.1 Å². The van der Waals surface area contributed by atoms with E-state index in [1.807, 2.05) is 69.3 Å². The third-order valence-electron chi connectivity index (χ3n) is 5.04. The molecule has 0 fully saturated rings. The predicted octanol–water partition coefficient (Wildman–Crippen LogP) is 4.16. The summed E-state index contributed by atoms with van der Waals surface area (Å²) < 4.78 is 11.1. The van der Waals surface area contributed by atoms with Crippen molar-refractivity contribution in [2.75, 3.05) is 6.61 Å². The molecule has 152 valence electrons. The summed E-state index contributed by atoms with van der Waals surface area (Å²) in [6.07, 6.45) is 1.33. The highest BCUT2D eigenvalue weighted by Crippen LogP contribution is 2.33. The Bertz CT molecular complexity index is 1190. The molecular formula is C23H22N4O3. The molecule has 2 aromatic heterocycles. The van der Waals surface area contributed by atoms with Gasteiger partial charge in [0.1, 0.15) is 17.4 Å². The van der Waals surface area contributed by atoms with Crippen molar-refractivity contribution in [2.24, 2.45) is 0 Å². The SMILES string of the molecule is Cc1ccc(-c2noc3ncnc(OCC(=O)NC(C)c4ccccc4)c23)cc1C. The van der Waals surface area contributed by atoms with E-state index in [1.54, 1.807) is 0 Å². The van der Waals surface area contributed by atoms with Gasteiger partial charge in [0.05, 0.1) is 6.04 Å². The van der Waals surface area contributed by atoms with E-state index < -0.39 is 0 Å². The number of fused-ring (bicyclic) bond motifs is 1. The van der Waals surface area contributed by atoms with Crippen molar-refractivity contribution in [2.45, 2.75) is 26.8 Å². The van der Waals surface area contributed by atoms with Gasteiger partial charge in [-0.2, -0.15) is 4.98 Å². The number of nitrogens with one attached hydrogen (secondary N) is 1. The van der Waals surface area contributed by atoms with Crippen molar-refractivity contribution in [1.29, 1.82) is 0 Å². The average molecular weight is 402 g/mol. The number of amides is 1. The standard InChI is InChI=1S/C23H22N4O3/c1-14-9-10-18(11-15(14)2)21-20-22(24-13-25-23(20)30-27-21)29-12-19(28)26-16(3)17-7-5-4-6-8-17/h4-11,13,16H,12H2,1-3H3,(H,26,28). The van der Waals surface area contributed by atoms with E-state index in [4.69, 9.17) is 9.26 Å². The van der Waals surface area contributed by atoms with E-state index in [0.717, 1.165) is 16.7 Å². The number of nitrogens with zero attached hydrogens (tertiary/aromatic N) is 3. The minimum Gasteiger partial charge on any atom is -0.467 e. The molecule has 2 aromatic carbocycles. The molecule has 0 bridgehead atoms. The van der Waals surface area contributed by atoms with Gasteiger partial charge in [-0.3, -0.25) is 4.79 Å². The zero-order valence-corrected chi connectivity index (χ0v) is 17.0. The van der Waals surface area contributed by atoms with Crippen molar-refractivity contribution in [3.05, 3.63) is 71.5 Å². The fourth-order valence-corrected chi connectivity index (χ4v) is 3.20. The zero-order chi connectivity index (χ0) is 21.1. The summed E-state index contributed by atoms with van der Waals surface area (Å²) in [6.45, 7) is 5.83. The zero-order valence-electron chi connectivity index (χ0n) is 17.0. The maximum absolute atomic E-state index is 12.4. The molecule has 0 radical (unpaired) electrons. The first-order valence-corrected chi connectivity index (χ1v) is 9.68. The number of hydrogen-bond acceptors (Lipinski definition) is 6. The van der Waals surface area contributed by atoms with Crippen LogP contribution in [0.25, 0.3) is 22.4 Å². The van der Waals surface area contributed by atoms with Gasteiger partial charge in [0, 0.05) is 5.56 Å². The minimum atomic E-state index is -0.248. The normalized spacial score (nSPS) is 12.0. The number of carbonyl (C=O) groups excluding carboxylic acids is 1. The first-order chi connectivity index (χ1) is 14.5. The Morgan fingerprint density at radius 1 is 1.10 bits per heavy atom. The first kappa shape index (κ1) is 19.6. The molecule has 1 atom stereocenters. The maximum atomic E-state index is 12.4. The first-order valence-electron chi connectivity index (χ1n) is 9.68. The van der Waals surface area contributed by atoms with Gasteiger partial charge in [-0.25, -0.2) is 4.98 Å². The molecule has 0 aliphatic heterocycles. The second-order valence-corrected chi connectivity index (χ2v) is 7.18. The lowest BCUT2D eigenvalue weighted by atomic mass is 10.0. The molecule has 0 saturated heterocycles. The lowest BCUT2D eigenvalue weighted by Crippen LogP contribution is -2.31. The number of benzene rings is 2. The number of hydrogen-bond donors (Lipinski definition) is 1. The molecule has 2 heterocycles. The van der Waals surface area contributed by atoms with Gasteiger partial charge in [-0.05, 0) is 43.5 Å². The van der Waals surface area contributed by atoms with Crippen LogP contribution in [0.3, 0.4) is 0 Å². The summed E-state index contributed by atoms with van der Waals surface area (Å²) >= 11 is 0. The molecule has 4 rings (SSSR count). The van der Waals surface area contributed by atoms with Crippen LogP contribution < -0.4 is 10.1 Å². The van der Waals surface area contributed by atoms with Crippen molar-refractivity contribution in [1.82, 2.24) is 20.4 Å². The van der Waals surface area contributed by atoms with Crippen LogP contribution in [0.5, 0.6) is 5.88 Å². The third kappa shape index (κ3) is 4.00. The quantitative estimate of drug-likeness (QED) is 0.521. The number of aryl methyl sites for hydroxylation is 2. The summed E-state index contributed by atoms with van der Waals surface area (Å²) in [4.78, 5) is 20.7. The van der Waals surface area contributed by atoms with E-state index in [0.29, 0.717) is 16.8 Å². The van der Waals surface area contributed by atoms with Crippen LogP contribution in [0, 0.1) is 13.8 Å². The Labute approximate surface area is 174 Å². The number of carbonyl (C=O) groups is 1. The predicted molar refractivity (Wildman–Crippen MR) is 113 cm³/mol. The second-order valence-electron chi connectivity index (χ2n) is 7.18. The van der Waals surface area contributed by atoms with Crippen LogP contribution >= 0.6 is 0 Å². The van der Waals surface area contributed by atoms with Gasteiger partial charge in [-0.15, -0.1) is 0 Å². The summed E-state index contributed by atoms with van der Waals surface area (Å²) in [5, 5.41) is 7.62.